The van der Waals surface area contributed by atoms with E-state index < -0.39 is 6.10 Å². The fourth-order valence-electron chi connectivity index (χ4n) is 2.16. The molecule has 4 nitrogen and oxygen atoms in total. The number of nitrogens with two attached hydrogens (primary N) is 1. The third kappa shape index (κ3) is 4.65. The van der Waals surface area contributed by atoms with E-state index in [0.29, 0.717) is 22.1 Å². The summed E-state index contributed by atoms with van der Waals surface area (Å²) in [6.07, 6.45) is -0.637. The van der Waals surface area contributed by atoms with Crippen molar-refractivity contribution in [2.45, 2.75) is 39.2 Å². The van der Waals surface area contributed by atoms with E-state index in [2.05, 4.69) is 26.1 Å². The van der Waals surface area contributed by atoms with Crippen LogP contribution >= 0.6 is 11.6 Å². The lowest BCUT2D eigenvalue weighted by Gasteiger charge is -2.20. The molecule has 1 amide bonds. The van der Waals surface area contributed by atoms with Crippen molar-refractivity contribution in [1.82, 2.24) is 0 Å². The number of anilines is 2. The second-order valence-electron chi connectivity index (χ2n) is 6.76. The minimum absolute atomic E-state index is 0.0794. The fraction of sp³-hybridized carbons (Fsp3) is 0.316. The van der Waals surface area contributed by atoms with Crippen molar-refractivity contribution in [3.8, 4) is 5.75 Å². The lowest BCUT2D eigenvalue weighted by molar-refractivity contribution is -0.122. The van der Waals surface area contributed by atoms with Crippen LogP contribution in [0.2, 0.25) is 5.02 Å². The van der Waals surface area contributed by atoms with Gasteiger partial charge in [0, 0.05) is 5.69 Å². The molecule has 2 aromatic rings. The normalized spacial score (nSPS) is 12.5. The van der Waals surface area contributed by atoms with Crippen molar-refractivity contribution in [1.29, 1.82) is 0 Å². The van der Waals surface area contributed by atoms with E-state index in [1.165, 1.54) is 5.56 Å². The first-order chi connectivity index (χ1) is 11.2. The van der Waals surface area contributed by atoms with Crippen LogP contribution in [-0.4, -0.2) is 12.0 Å². The summed E-state index contributed by atoms with van der Waals surface area (Å²) in [6, 6.07) is 12.7. The number of amides is 1. The van der Waals surface area contributed by atoms with Crippen molar-refractivity contribution < 1.29 is 9.53 Å². The molecule has 0 aromatic heterocycles. The van der Waals surface area contributed by atoms with Gasteiger partial charge in [0.2, 0.25) is 0 Å². The molecule has 0 aliphatic carbocycles. The molecule has 0 aliphatic heterocycles. The van der Waals surface area contributed by atoms with Gasteiger partial charge in [0.05, 0.1) is 10.7 Å². The fourth-order valence-corrected chi connectivity index (χ4v) is 2.27. The third-order valence-electron chi connectivity index (χ3n) is 3.67. The molecule has 0 bridgehead atoms. The maximum atomic E-state index is 12.2. The molecular formula is C19H23ClN2O2. The van der Waals surface area contributed by atoms with Crippen LogP contribution in [0, 0.1) is 0 Å². The van der Waals surface area contributed by atoms with E-state index in [-0.39, 0.29) is 11.3 Å². The zero-order chi connectivity index (χ0) is 17.9. The molecule has 0 aliphatic rings. The van der Waals surface area contributed by atoms with Gasteiger partial charge in [-0.25, -0.2) is 0 Å². The quantitative estimate of drug-likeness (QED) is 0.793. The smallest absolute Gasteiger partial charge is 0.265 e. The van der Waals surface area contributed by atoms with Gasteiger partial charge < -0.3 is 15.8 Å². The number of ether oxygens (including phenoxy) is 1. The molecule has 0 saturated heterocycles. The van der Waals surface area contributed by atoms with Gasteiger partial charge in [0.25, 0.3) is 5.91 Å². The van der Waals surface area contributed by atoms with Gasteiger partial charge in [0.15, 0.2) is 6.10 Å². The van der Waals surface area contributed by atoms with Gasteiger partial charge in [-0.1, -0.05) is 44.5 Å². The van der Waals surface area contributed by atoms with Crippen LogP contribution in [0.1, 0.15) is 33.3 Å². The second-order valence-corrected chi connectivity index (χ2v) is 7.17. The number of hydrogen-bond acceptors (Lipinski definition) is 3. The molecule has 1 atom stereocenters. The first-order valence-electron chi connectivity index (χ1n) is 7.80. The Balaban J connectivity index is 1.99. The number of hydrogen-bond donors (Lipinski definition) is 2. The lowest BCUT2D eigenvalue weighted by atomic mass is 9.87. The topological polar surface area (TPSA) is 64.3 Å². The zero-order valence-corrected chi connectivity index (χ0v) is 15.1. The molecule has 0 radical (unpaired) electrons. The summed E-state index contributed by atoms with van der Waals surface area (Å²) in [5, 5.41) is 3.22. The van der Waals surface area contributed by atoms with E-state index in [4.69, 9.17) is 22.1 Å². The predicted octanol–water partition coefficient (Wildman–Crippen LogP) is 4.63. The highest BCUT2D eigenvalue weighted by Crippen LogP contribution is 2.25. The van der Waals surface area contributed by atoms with Crippen molar-refractivity contribution in [2.75, 3.05) is 11.1 Å². The molecule has 1 unspecified atom stereocenters. The minimum Gasteiger partial charge on any atom is -0.481 e. The number of rotatable bonds is 4. The molecule has 3 N–H and O–H groups in total. The summed E-state index contributed by atoms with van der Waals surface area (Å²) in [6.45, 7) is 8.15. The van der Waals surface area contributed by atoms with Crippen LogP contribution in [0.15, 0.2) is 42.5 Å². The number of benzene rings is 2. The Morgan fingerprint density at radius 1 is 1.17 bits per heavy atom. The molecule has 0 heterocycles. The van der Waals surface area contributed by atoms with Gasteiger partial charge in [-0.2, -0.15) is 0 Å². The Bertz CT molecular complexity index is 721. The standard InChI is InChI=1S/C19H23ClN2O2/c1-12(18(23)22-14-7-10-16(20)17(21)11-14)24-15-8-5-13(6-9-15)19(2,3)4/h5-12H,21H2,1-4H3,(H,22,23). The van der Waals surface area contributed by atoms with Crippen molar-refractivity contribution in [3.63, 3.8) is 0 Å². The van der Waals surface area contributed by atoms with E-state index in [1.54, 1.807) is 25.1 Å². The van der Waals surface area contributed by atoms with E-state index >= 15 is 0 Å². The predicted molar refractivity (Wildman–Crippen MR) is 99.7 cm³/mol. The molecule has 24 heavy (non-hydrogen) atoms. The number of halogens is 1. The first kappa shape index (κ1) is 18.1. The Hall–Kier alpha value is -2.20. The Labute approximate surface area is 148 Å². The molecular weight excluding hydrogens is 324 g/mol. The summed E-state index contributed by atoms with van der Waals surface area (Å²) in [4.78, 5) is 12.2. The van der Waals surface area contributed by atoms with E-state index in [1.807, 2.05) is 24.3 Å². The van der Waals surface area contributed by atoms with Gasteiger partial charge in [0.1, 0.15) is 5.75 Å². The van der Waals surface area contributed by atoms with Crippen LogP contribution in [0.4, 0.5) is 11.4 Å². The maximum Gasteiger partial charge on any atom is 0.265 e. The van der Waals surface area contributed by atoms with E-state index in [0.717, 1.165) is 0 Å². The lowest BCUT2D eigenvalue weighted by Crippen LogP contribution is -2.30. The molecule has 2 aromatic carbocycles. The van der Waals surface area contributed by atoms with Gasteiger partial charge >= 0.3 is 0 Å². The maximum absolute atomic E-state index is 12.2. The summed E-state index contributed by atoms with van der Waals surface area (Å²) < 4.78 is 5.70. The molecule has 5 heteroatoms. The summed E-state index contributed by atoms with van der Waals surface area (Å²) in [5.41, 5.74) is 8.02. The van der Waals surface area contributed by atoms with Gasteiger partial charge in [-0.15, -0.1) is 0 Å². The SMILES string of the molecule is CC(Oc1ccc(C(C)(C)C)cc1)C(=O)Nc1ccc(Cl)c(N)c1. The minimum atomic E-state index is -0.637. The number of carbonyl (C=O) groups is 1. The monoisotopic (exact) mass is 346 g/mol. The van der Waals surface area contributed by atoms with Crippen LogP contribution < -0.4 is 15.8 Å². The van der Waals surface area contributed by atoms with Crippen molar-refractivity contribution in [2.24, 2.45) is 0 Å². The Morgan fingerprint density at radius 2 is 1.79 bits per heavy atom. The number of carbonyl (C=O) groups excluding carboxylic acids is 1. The highest BCUT2D eigenvalue weighted by Gasteiger charge is 2.17. The van der Waals surface area contributed by atoms with Crippen LogP contribution in [0.3, 0.4) is 0 Å². The van der Waals surface area contributed by atoms with Crippen molar-refractivity contribution >= 4 is 28.9 Å². The highest BCUT2D eigenvalue weighted by molar-refractivity contribution is 6.33. The highest BCUT2D eigenvalue weighted by atomic mass is 35.5. The summed E-state index contributed by atoms with van der Waals surface area (Å²) in [5.74, 6) is 0.401. The average molecular weight is 347 g/mol. The summed E-state index contributed by atoms with van der Waals surface area (Å²) in [7, 11) is 0. The van der Waals surface area contributed by atoms with E-state index in [9.17, 15) is 4.79 Å². The molecule has 128 valence electrons. The molecule has 0 saturated carbocycles. The second kappa shape index (κ2) is 7.14. The average Bonchev–Trinajstić information content (AvgIpc) is 2.50. The zero-order valence-electron chi connectivity index (χ0n) is 14.4. The van der Waals surface area contributed by atoms with Gasteiger partial charge in [-0.3, -0.25) is 4.79 Å². The van der Waals surface area contributed by atoms with Crippen LogP contribution in [-0.2, 0) is 10.2 Å². The Kier molecular flexibility index (Phi) is 5.40. The molecule has 0 fully saturated rings. The van der Waals surface area contributed by atoms with Crippen molar-refractivity contribution in [3.05, 3.63) is 53.1 Å². The third-order valence-corrected chi connectivity index (χ3v) is 4.01. The largest absolute Gasteiger partial charge is 0.481 e. The summed E-state index contributed by atoms with van der Waals surface area (Å²) >= 11 is 5.87. The number of nitrogens with one attached hydrogen (secondary N) is 1. The number of nitrogen functional groups attached to an aromatic ring is 1. The molecule has 0 spiro atoms. The van der Waals surface area contributed by atoms with Crippen LogP contribution in [0.25, 0.3) is 0 Å². The molecule has 2 rings (SSSR count). The first-order valence-corrected chi connectivity index (χ1v) is 8.17. The van der Waals surface area contributed by atoms with Gasteiger partial charge in [-0.05, 0) is 48.2 Å². The Morgan fingerprint density at radius 3 is 2.33 bits per heavy atom. The van der Waals surface area contributed by atoms with Crippen LogP contribution in [0.5, 0.6) is 5.75 Å².